The minimum Gasteiger partial charge on any atom is -0.480 e. The number of aliphatic imine (C=N–C) groups is 1. The molecule has 1 aliphatic heterocycles. The summed E-state index contributed by atoms with van der Waals surface area (Å²) < 4.78 is 0. The second-order valence-corrected chi connectivity index (χ2v) is 1.78. The lowest BCUT2D eigenvalue weighted by atomic mass is 10.7. The van der Waals surface area contributed by atoms with E-state index < -0.39 is 5.97 Å². The van der Waals surface area contributed by atoms with E-state index in [9.17, 15) is 4.79 Å². The van der Waals surface area contributed by atoms with E-state index in [2.05, 4.69) is 10.3 Å². The van der Waals surface area contributed by atoms with Crippen molar-refractivity contribution in [1.82, 2.24) is 5.32 Å². The zero-order valence-electron chi connectivity index (χ0n) is 5.38. The third kappa shape index (κ3) is 7.23. The Balaban J connectivity index is 0.000000162. The van der Waals surface area contributed by atoms with Crippen LogP contribution in [0.4, 0.5) is 0 Å². The van der Waals surface area contributed by atoms with Gasteiger partial charge in [-0.05, 0) is 0 Å². The third-order valence-electron chi connectivity index (χ3n) is 0.682. The fourth-order valence-corrected chi connectivity index (χ4v) is 0.323. The summed E-state index contributed by atoms with van der Waals surface area (Å²) in [6.45, 7) is 1.99. The van der Waals surface area contributed by atoms with Crippen molar-refractivity contribution in [2.75, 3.05) is 19.0 Å². The summed E-state index contributed by atoms with van der Waals surface area (Å²) in [5, 5.41) is 10.5. The molecule has 1 rings (SSSR count). The first-order chi connectivity index (χ1) is 4.77. The number of alkyl halides is 1. The van der Waals surface area contributed by atoms with E-state index in [1.54, 1.807) is 6.34 Å². The Morgan fingerprint density at radius 2 is 2.50 bits per heavy atom. The van der Waals surface area contributed by atoms with Crippen LogP contribution in [-0.4, -0.2) is 36.4 Å². The zero-order valence-corrected chi connectivity index (χ0v) is 6.14. The number of halogens is 1. The van der Waals surface area contributed by atoms with Crippen LogP contribution in [0.5, 0.6) is 0 Å². The molecule has 0 aromatic rings. The molecule has 0 aromatic heterocycles. The number of nitrogens with zero attached hydrogens (tertiary/aromatic N) is 1. The number of nitrogens with one attached hydrogen (secondary N) is 1. The van der Waals surface area contributed by atoms with E-state index in [4.69, 9.17) is 16.7 Å². The lowest BCUT2D eigenvalue weighted by molar-refractivity contribution is -0.134. The number of rotatable bonds is 1. The van der Waals surface area contributed by atoms with Crippen molar-refractivity contribution < 1.29 is 9.90 Å². The van der Waals surface area contributed by atoms with Crippen molar-refractivity contribution in [3.63, 3.8) is 0 Å². The van der Waals surface area contributed by atoms with Gasteiger partial charge in [0.2, 0.25) is 0 Å². The van der Waals surface area contributed by atoms with E-state index in [1.165, 1.54) is 0 Å². The normalized spacial score (nSPS) is 13.3. The van der Waals surface area contributed by atoms with Gasteiger partial charge in [0.25, 0.3) is 0 Å². The van der Waals surface area contributed by atoms with Gasteiger partial charge in [-0.3, -0.25) is 9.79 Å². The van der Waals surface area contributed by atoms with Crippen LogP contribution in [0.25, 0.3) is 0 Å². The molecule has 2 N–H and O–H groups in total. The predicted molar refractivity (Wildman–Crippen MR) is 39.7 cm³/mol. The Kier molecular flexibility index (Phi) is 5.86. The molecule has 0 amide bonds. The Labute approximate surface area is 63.9 Å². The monoisotopic (exact) mass is 164 g/mol. The number of aliphatic carboxylic acids is 1. The standard InChI is InChI=1S/C3H6N2.C2H3ClO2/c1-2-5-3-4-1;3-1-2(4)5/h3H,1-2H2,(H,4,5);1H2,(H,4,5). The van der Waals surface area contributed by atoms with Crippen molar-refractivity contribution in [1.29, 1.82) is 0 Å². The van der Waals surface area contributed by atoms with Crippen LogP contribution in [0, 0.1) is 0 Å². The van der Waals surface area contributed by atoms with Gasteiger partial charge in [0.15, 0.2) is 0 Å². The molecule has 0 unspecified atom stereocenters. The summed E-state index contributed by atoms with van der Waals surface area (Å²) in [6, 6.07) is 0. The van der Waals surface area contributed by atoms with E-state index in [0.29, 0.717) is 0 Å². The van der Waals surface area contributed by atoms with Gasteiger partial charge in [0.1, 0.15) is 5.88 Å². The van der Waals surface area contributed by atoms with Crippen molar-refractivity contribution in [2.24, 2.45) is 4.99 Å². The first kappa shape index (κ1) is 9.23. The molecule has 0 spiro atoms. The molecule has 10 heavy (non-hydrogen) atoms. The third-order valence-corrected chi connectivity index (χ3v) is 0.911. The minimum atomic E-state index is -0.980. The highest BCUT2D eigenvalue weighted by Gasteiger charge is 1.83. The summed E-state index contributed by atoms with van der Waals surface area (Å²) in [5.74, 6) is -1.29. The first-order valence-corrected chi connectivity index (χ1v) is 3.30. The summed E-state index contributed by atoms with van der Waals surface area (Å²) in [6.07, 6.45) is 1.74. The van der Waals surface area contributed by atoms with Crippen molar-refractivity contribution in [3.8, 4) is 0 Å². The maximum Gasteiger partial charge on any atom is 0.318 e. The number of carboxylic acids is 1. The second kappa shape index (κ2) is 6.35. The van der Waals surface area contributed by atoms with Crippen LogP contribution in [-0.2, 0) is 4.79 Å². The lowest BCUT2D eigenvalue weighted by Gasteiger charge is -1.75. The summed E-state index contributed by atoms with van der Waals surface area (Å²) in [5.41, 5.74) is 0. The Hall–Kier alpha value is -0.770. The summed E-state index contributed by atoms with van der Waals surface area (Å²) in [7, 11) is 0. The van der Waals surface area contributed by atoms with Gasteiger partial charge >= 0.3 is 5.97 Å². The van der Waals surface area contributed by atoms with Crippen molar-refractivity contribution in [3.05, 3.63) is 0 Å². The fourth-order valence-electron chi connectivity index (χ4n) is 0.323. The first-order valence-electron chi connectivity index (χ1n) is 2.77. The molecule has 0 fully saturated rings. The molecule has 0 radical (unpaired) electrons. The molecule has 0 saturated heterocycles. The maximum atomic E-state index is 9.24. The smallest absolute Gasteiger partial charge is 0.318 e. The number of hydrogen-bond donors (Lipinski definition) is 2. The molecule has 0 aromatic carbocycles. The molecule has 1 aliphatic rings. The van der Waals surface area contributed by atoms with Crippen molar-refractivity contribution in [2.45, 2.75) is 0 Å². The average Bonchev–Trinajstić information content (AvgIpc) is 2.43. The van der Waals surface area contributed by atoms with Gasteiger partial charge < -0.3 is 10.4 Å². The zero-order chi connectivity index (χ0) is 7.82. The highest BCUT2D eigenvalue weighted by Crippen LogP contribution is 1.68. The average molecular weight is 165 g/mol. The molecule has 1 heterocycles. The molecular weight excluding hydrogens is 156 g/mol. The number of carbonyl (C=O) groups is 1. The van der Waals surface area contributed by atoms with E-state index in [1.807, 2.05) is 0 Å². The van der Waals surface area contributed by atoms with Gasteiger partial charge in [-0.1, -0.05) is 0 Å². The number of hydrogen-bond acceptors (Lipinski definition) is 3. The maximum absolute atomic E-state index is 9.24. The van der Waals surface area contributed by atoms with Gasteiger partial charge in [-0.25, -0.2) is 0 Å². The van der Waals surface area contributed by atoms with Crippen LogP contribution in [0.15, 0.2) is 4.99 Å². The molecule has 0 aliphatic carbocycles. The molecule has 4 nitrogen and oxygen atoms in total. The van der Waals surface area contributed by atoms with Crippen molar-refractivity contribution >= 4 is 23.9 Å². The molecule has 0 bridgehead atoms. The van der Waals surface area contributed by atoms with Gasteiger partial charge in [-0.15, -0.1) is 11.6 Å². The van der Waals surface area contributed by atoms with Gasteiger partial charge in [0.05, 0.1) is 12.9 Å². The minimum absolute atomic E-state index is 0.306. The Bertz CT molecular complexity index is 121. The van der Waals surface area contributed by atoms with Crippen LogP contribution in [0.1, 0.15) is 0 Å². The van der Waals surface area contributed by atoms with E-state index in [0.717, 1.165) is 13.1 Å². The molecule has 0 saturated carbocycles. The van der Waals surface area contributed by atoms with Crippen LogP contribution in [0.2, 0.25) is 0 Å². The SMILES string of the molecule is C1=NCCN1.O=C(O)CCl. The summed E-state index contributed by atoms with van der Waals surface area (Å²) >= 11 is 4.74. The quantitative estimate of drug-likeness (QED) is 0.534. The number of carboxylic acid groups (broad SMARTS) is 1. The Morgan fingerprint density at radius 3 is 2.60 bits per heavy atom. The topological polar surface area (TPSA) is 61.7 Å². The molecular formula is C5H9ClN2O2. The van der Waals surface area contributed by atoms with Crippen LogP contribution < -0.4 is 5.32 Å². The van der Waals surface area contributed by atoms with Crippen LogP contribution >= 0.6 is 11.6 Å². The summed E-state index contributed by atoms with van der Waals surface area (Å²) in [4.78, 5) is 13.1. The predicted octanol–water partition coefficient (Wildman–Crippen LogP) is -0.0723. The fraction of sp³-hybridized carbons (Fsp3) is 0.600. The molecule has 0 atom stereocenters. The molecule has 5 heteroatoms. The highest BCUT2D eigenvalue weighted by molar-refractivity contribution is 6.26. The highest BCUT2D eigenvalue weighted by atomic mass is 35.5. The van der Waals surface area contributed by atoms with E-state index >= 15 is 0 Å². The lowest BCUT2D eigenvalue weighted by Crippen LogP contribution is -2.04. The van der Waals surface area contributed by atoms with Crippen LogP contribution in [0.3, 0.4) is 0 Å². The van der Waals surface area contributed by atoms with Gasteiger partial charge in [0, 0.05) is 6.54 Å². The molecule has 58 valence electrons. The van der Waals surface area contributed by atoms with Gasteiger partial charge in [-0.2, -0.15) is 0 Å². The van der Waals surface area contributed by atoms with E-state index in [-0.39, 0.29) is 5.88 Å². The largest absolute Gasteiger partial charge is 0.480 e. The second-order valence-electron chi connectivity index (χ2n) is 1.52. The Morgan fingerprint density at radius 1 is 1.90 bits per heavy atom.